The number of ether oxygens (including phenoxy) is 2. The first-order valence-electron chi connectivity index (χ1n) is 6.32. The molecule has 0 radical (unpaired) electrons. The number of rotatable bonds is 9. The van der Waals surface area contributed by atoms with Crippen molar-refractivity contribution in [2.75, 3.05) is 13.2 Å². The molecule has 1 rings (SSSR count). The van der Waals surface area contributed by atoms with Gasteiger partial charge < -0.3 is 13.9 Å². The van der Waals surface area contributed by atoms with Gasteiger partial charge in [-0.25, -0.2) is 0 Å². The van der Waals surface area contributed by atoms with Gasteiger partial charge in [-0.1, -0.05) is 30.9 Å². The fraction of sp³-hybridized carbons (Fsp3) is 0.429. The third-order valence-corrected chi connectivity index (χ3v) is 3.60. The largest absolute Gasteiger partial charge is 0.414 e. The van der Waals surface area contributed by atoms with Crippen LogP contribution in [0.25, 0.3) is 6.08 Å². The zero-order chi connectivity index (χ0) is 13.2. The molecule has 0 atom stereocenters. The van der Waals surface area contributed by atoms with Crippen LogP contribution in [0.5, 0.6) is 0 Å². The van der Waals surface area contributed by atoms with Gasteiger partial charge in [-0.15, -0.1) is 0 Å². The smallest absolute Gasteiger partial charge is 0.224 e. The van der Waals surface area contributed by atoms with Gasteiger partial charge in [0.2, 0.25) is 9.76 Å². The van der Waals surface area contributed by atoms with Crippen molar-refractivity contribution in [1.29, 1.82) is 0 Å². The van der Waals surface area contributed by atoms with Gasteiger partial charge in [0.1, 0.15) is 0 Å². The minimum absolute atomic E-state index is 0.136. The Hall–Kier alpha value is -0.943. The van der Waals surface area contributed by atoms with Crippen LogP contribution >= 0.6 is 0 Å². The van der Waals surface area contributed by atoms with Gasteiger partial charge in [-0.05, 0) is 31.0 Å². The molecule has 0 amide bonds. The summed E-state index contributed by atoms with van der Waals surface area (Å²) in [5, 5.41) is 0. The second kappa shape index (κ2) is 9.05. The van der Waals surface area contributed by atoms with E-state index in [9.17, 15) is 0 Å². The summed E-state index contributed by atoms with van der Waals surface area (Å²) in [4.78, 5) is 0. The zero-order valence-electron chi connectivity index (χ0n) is 11.2. The summed E-state index contributed by atoms with van der Waals surface area (Å²) in [5.41, 5.74) is 2.27. The molecule has 0 saturated heterocycles. The fourth-order valence-corrected chi connectivity index (χ4v) is 2.81. The van der Waals surface area contributed by atoms with Crippen molar-refractivity contribution in [3.05, 3.63) is 42.0 Å². The van der Waals surface area contributed by atoms with Crippen LogP contribution in [0.15, 0.2) is 30.8 Å². The molecule has 0 heterocycles. The van der Waals surface area contributed by atoms with Crippen molar-refractivity contribution in [1.82, 2.24) is 0 Å². The third-order valence-electron chi connectivity index (χ3n) is 2.41. The molecule has 0 aromatic heterocycles. The normalized spacial score (nSPS) is 11.5. The molecule has 18 heavy (non-hydrogen) atoms. The van der Waals surface area contributed by atoms with E-state index >= 15 is 0 Å². The van der Waals surface area contributed by atoms with E-state index in [0.29, 0.717) is 19.8 Å². The van der Waals surface area contributed by atoms with Gasteiger partial charge >= 0.3 is 0 Å². The lowest BCUT2D eigenvalue weighted by Gasteiger charge is -2.16. The van der Waals surface area contributed by atoms with Crippen LogP contribution < -0.4 is 0 Å². The summed E-state index contributed by atoms with van der Waals surface area (Å²) in [5.74, 6) is -0.136. The Morgan fingerprint density at radius 2 is 2.00 bits per heavy atom. The van der Waals surface area contributed by atoms with Crippen molar-refractivity contribution >= 4 is 15.8 Å². The fourth-order valence-electron chi connectivity index (χ4n) is 1.60. The quantitative estimate of drug-likeness (QED) is 0.507. The summed E-state index contributed by atoms with van der Waals surface area (Å²) < 4.78 is 16.7. The van der Waals surface area contributed by atoms with Gasteiger partial charge in [0.15, 0.2) is 5.91 Å². The van der Waals surface area contributed by atoms with Gasteiger partial charge in [0, 0.05) is 13.2 Å². The molecule has 4 heteroatoms. The van der Waals surface area contributed by atoms with E-state index in [0.717, 1.165) is 11.1 Å². The second-order valence-corrected chi connectivity index (χ2v) is 5.21. The highest BCUT2D eigenvalue weighted by Gasteiger charge is 2.09. The maximum atomic E-state index is 5.74. The van der Waals surface area contributed by atoms with E-state index in [-0.39, 0.29) is 5.91 Å². The van der Waals surface area contributed by atoms with E-state index in [2.05, 4.69) is 18.7 Å². The molecule has 1 aromatic carbocycles. The minimum Gasteiger partial charge on any atom is -0.414 e. The molecule has 0 saturated carbocycles. The summed E-state index contributed by atoms with van der Waals surface area (Å²) in [6.45, 7) is 9.62. The second-order valence-electron chi connectivity index (χ2n) is 3.80. The predicted molar refractivity (Wildman–Crippen MR) is 76.9 cm³/mol. The first-order valence-corrected chi connectivity index (χ1v) is 7.71. The van der Waals surface area contributed by atoms with Crippen molar-refractivity contribution in [3.8, 4) is 0 Å². The van der Waals surface area contributed by atoms with Crippen molar-refractivity contribution in [3.63, 3.8) is 0 Å². The molecule has 0 unspecified atom stereocenters. The van der Waals surface area contributed by atoms with E-state index in [4.69, 9.17) is 13.9 Å². The number of hydrogen-bond acceptors (Lipinski definition) is 3. The molecule has 100 valence electrons. The first kappa shape index (κ1) is 15.1. The number of benzene rings is 1. The Morgan fingerprint density at radius 1 is 1.28 bits per heavy atom. The Labute approximate surface area is 112 Å². The lowest BCUT2D eigenvalue weighted by molar-refractivity contribution is -0.0903. The van der Waals surface area contributed by atoms with Crippen LogP contribution in [0.3, 0.4) is 0 Å². The topological polar surface area (TPSA) is 27.7 Å². The van der Waals surface area contributed by atoms with E-state index in [1.165, 1.54) is 0 Å². The molecule has 0 aliphatic carbocycles. The van der Waals surface area contributed by atoms with Crippen molar-refractivity contribution < 1.29 is 13.9 Å². The van der Waals surface area contributed by atoms with Gasteiger partial charge in [0.05, 0.1) is 6.61 Å². The summed E-state index contributed by atoms with van der Waals surface area (Å²) >= 11 is 0. The zero-order valence-corrected chi connectivity index (χ0v) is 12.6. The Balaban J connectivity index is 2.36. The lowest BCUT2D eigenvalue weighted by atomic mass is 10.1. The van der Waals surface area contributed by atoms with Crippen LogP contribution in [-0.4, -0.2) is 28.9 Å². The Bertz CT molecular complexity index is 349. The van der Waals surface area contributed by atoms with Gasteiger partial charge in [-0.2, -0.15) is 0 Å². The molecule has 0 aliphatic rings. The number of hydrogen-bond donors (Lipinski definition) is 0. The van der Waals surface area contributed by atoms with Crippen LogP contribution in [-0.2, 0) is 20.5 Å². The maximum Gasteiger partial charge on any atom is 0.224 e. The predicted octanol–water partition coefficient (Wildman–Crippen LogP) is 2.29. The standard InChI is InChI=1S/C14H22O3Si/c1-4-12-8-7-9-13(10-12)11-17-18-14(15-5-2)16-6-3/h4,7-10,14H,1,5-6,11,18H2,2-3H3. The average Bonchev–Trinajstić information content (AvgIpc) is 2.39. The Morgan fingerprint density at radius 3 is 2.61 bits per heavy atom. The minimum atomic E-state index is -0.829. The van der Waals surface area contributed by atoms with E-state index in [1.54, 1.807) is 0 Å². The van der Waals surface area contributed by atoms with E-state index in [1.807, 2.05) is 32.1 Å². The molecule has 3 nitrogen and oxygen atoms in total. The highest BCUT2D eigenvalue weighted by Crippen LogP contribution is 2.07. The monoisotopic (exact) mass is 266 g/mol. The SMILES string of the molecule is C=Cc1cccc(CO[SiH2]C(OCC)OCC)c1. The molecule has 0 aliphatic heterocycles. The Kier molecular flexibility index (Phi) is 7.60. The van der Waals surface area contributed by atoms with Crippen LogP contribution in [0, 0.1) is 0 Å². The van der Waals surface area contributed by atoms with Crippen molar-refractivity contribution in [2.24, 2.45) is 0 Å². The molecule has 0 spiro atoms. The van der Waals surface area contributed by atoms with Crippen LogP contribution in [0.1, 0.15) is 25.0 Å². The van der Waals surface area contributed by atoms with Gasteiger partial charge in [0.25, 0.3) is 0 Å². The maximum absolute atomic E-state index is 5.74. The lowest BCUT2D eigenvalue weighted by Crippen LogP contribution is -2.26. The summed E-state index contributed by atoms with van der Waals surface area (Å²) in [6, 6.07) is 8.17. The highest BCUT2D eigenvalue weighted by molar-refractivity contribution is 6.28. The van der Waals surface area contributed by atoms with Gasteiger partial charge in [-0.3, -0.25) is 0 Å². The molecular weight excluding hydrogens is 244 g/mol. The molecular formula is C14H22O3Si. The first-order chi connectivity index (χ1) is 8.80. The third kappa shape index (κ3) is 5.60. The molecule has 0 N–H and O–H groups in total. The van der Waals surface area contributed by atoms with Crippen LogP contribution in [0.4, 0.5) is 0 Å². The average molecular weight is 266 g/mol. The van der Waals surface area contributed by atoms with E-state index < -0.39 is 9.76 Å². The van der Waals surface area contributed by atoms with Crippen molar-refractivity contribution in [2.45, 2.75) is 26.4 Å². The molecule has 1 aromatic rings. The highest BCUT2D eigenvalue weighted by atomic mass is 28.2. The summed E-state index contributed by atoms with van der Waals surface area (Å²) in [6.07, 6.45) is 1.84. The molecule has 0 fully saturated rings. The van der Waals surface area contributed by atoms with Crippen LogP contribution in [0.2, 0.25) is 0 Å². The summed E-state index contributed by atoms with van der Waals surface area (Å²) in [7, 11) is -0.829. The molecule has 0 bridgehead atoms.